The molecule has 0 unspecified atom stereocenters. The monoisotopic (exact) mass is 434 g/mol. The third kappa shape index (κ3) is 5.31. The Kier molecular flexibility index (Phi) is 6.85. The van der Waals surface area contributed by atoms with Crippen LogP contribution in [-0.2, 0) is 16.4 Å². The van der Waals surface area contributed by atoms with Crippen molar-refractivity contribution in [3.05, 3.63) is 64.7 Å². The summed E-state index contributed by atoms with van der Waals surface area (Å²) < 4.78 is 24.1. The Balaban J connectivity index is 1.85. The molecular formula is C22H27ClN2O3S. The molecule has 1 atom stereocenters. The number of hydrogen-bond acceptors (Lipinski definition) is 4. The SMILES string of the molecule is CCN(CC)c1ccc(CN(C(=O)c2ccc(Cl)cc2)[C@@H]2CCS(=O)(=O)C2)cc1. The molecule has 0 aliphatic carbocycles. The molecule has 1 aliphatic rings. The van der Waals surface area contributed by atoms with Gasteiger partial charge in [0.1, 0.15) is 0 Å². The molecule has 2 aromatic carbocycles. The number of benzene rings is 2. The van der Waals surface area contributed by atoms with Gasteiger partial charge < -0.3 is 9.80 Å². The topological polar surface area (TPSA) is 57.7 Å². The number of nitrogens with zero attached hydrogens (tertiary/aromatic N) is 2. The second-order valence-electron chi connectivity index (χ2n) is 7.34. The highest BCUT2D eigenvalue weighted by molar-refractivity contribution is 7.91. The predicted molar refractivity (Wildman–Crippen MR) is 118 cm³/mol. The van der Waals surface area contributed by atoms with Crippen LogP contribution in [0.1, 0.15) is 36.2 Å². The van der Waals surface area contributed by atoms with E-state index in [0.717, 1.165) is 24.3 Å². The van der Waals surface area contributed by atoms with Crippen molar-refractivity contribution in [2.45, 2.75) is 32.9 Å². The molecule has 1 amide bonds. The molecule has 0 spiro atoms. The second-order valence-corrected chi connectivity index (χ2v) is 10.0. The molecule has 1 fully saturated rings. The van der Waals surface area contributed by atoms with Crippen LogP contribution in [0, 0.1) is 0 Å². The molecule has 0 bridgehead atoms. The van der Waals surface area contributed by atoms with E-state index < -0.39 is 9.84 Å². The number of carbonyl (C=O) groups excluding carboxylic acids is 1. The molecule has 7 heteroatoms. The van der Waals surface area contributed by atoms with Crippen LogP contribution in [0.2, 0.25) is 5.02 Å². The van der Waals surface area contributed by atoms with Crippen molar-refractivity contribution < 1.29 is 13.2 Å². The average molecular weight is 435 g/mol. The molecule has 0 aromatic heterocycles. The number of sulfone groups is 1. The van der Waals surface area contributed by atoms with Crippen LogP contribution in [0.3, 0.4) is 0 Å². The first kappa shape index (κ1) is 21.7. The Bertz CT molecular complexity index is 939. The minimum Gasteiger partial charge on any atom is -0.372 e. The molecule has 0 N–H and O–H groups in total. The first-order valence-electron chi connectivity index (χ1n) is 9.93. The maximum atomic E-state index is 13.2. The lowest BCUT2D eigenvalue weighted by Crippen LogP contribution is -2.40. The van der Waals surface area contributed by atoms with Crippen molar-refractivity contribution in [3.63, 3.8) is 0 Å². The summed E-state index contributed by atoms with van der Waals surface area (Å²) >= 11 is 5.95. The van der Waals surface area contributed by atoms with Gasteiger partial charge in [0.15, 0.2) is 9.84 Å². The van der Waals surface area contributed by atoms with E-state index in [4.69, 9.17) is 11.6 Å². The van der Waals surface area contributed by atoms with Crippen molar-refractivity contribution in [2.75, 3.05) is 29.5 Å². The van der Waals surface area contributed by atoms with Crippen LogP contribution in [0.4, 0.5) is 5.69 Å². The fourth-order valence-electron chi connectivity index (χ4n) is 3.74. The lowest BCUT2D eigenvalue weighted by atomic mass is 10.1. The van der Waals surface area contributed by atoms with Crippen LogP contribution >= 0.6 is 11.6 Å². The van der Waals surface area contributed by atoms with E-state index in [1.165, 1.54) is 0 Å². The highest BCUT2D eigenvalue weighted by Crippen LogP contribution is 2.24. The summed E-state index contributed by atoms with van der Waals surface area (Å²) in [5, 5.41) is 0.559. The molecule has 1 saturated heterocycles. The number of carbonyl (C=O) groups is 1. The standard InChI is InChI=1S/C22H27ClN2O3S/c1-3-24(4-2)20-11-5-17(6-12-20)15-25(21-13-14-29(27,28)16-21)22(26)18-7-9-19(23)10-8-18/h5-12,21H,3-4,13-16H2,1-2H3/t21-/m1/s1. The molecule has 29 heavy (non-hydrogen) atoms. The van der Waals surface area contributed by atoms with Crippen LogP contribution in [0.15, 0.2) is 48.5 Å². The first-order chi connectivity index (χ1) is 13.8. The lowest BCUT2D eigenvalue weighted by molar-refractivity contribution is 0.0681. The molecule has 3 rings (SSSR count). The molecule has 1 aliphatic heterocycles. The summed E-state index contributed by atoms with van der Waals surface area (Å²) in [6.45, 7) is 6.46. The fourth-order valence-corrected chi connectivity index (χ4v) is 5.60. The molecule has 156 valence electrons. The summed E-state index contributed by atoms with van der Waals surface area (Å²) in [7, 11) is -3.10. The van der Waals surface area contributed by atoms with E-state index in [0.29, 0.717) is 23.6 Å². The van der Waals surface area contributed by atoms with Crippen molar-refractivity contribution >= 4 is 33.0 Å². The molecule has 0 radical (unpaired) electrons. The van der Waals surface area contributed by atoms with Crippen molar-refractivity contribution in [1.82, 2.24) is 4.90 Å². The Morgan fingerprint density at radius 3 is 2.17 bits per heavy atom. The van der Waals surface area contributed by atoms with Crippen LogP contribution in [0.5, 0.6) is 0 Å². The predicted octanol–water partition coefficient (Wildman–Crippen LogP) is 4.02. The molecular weight excluding hydrogens is 408 g/mol. The van der Waals surface area contributed by atoms with Gasteiger partial charge in [-0.25, -0.2) is 8.42 Å². The van der Waals surface area contributed by atoms with Gasteiger partial charge in [-0.15, -0.1) is 0 Å². The number of halogens is 1. The number of rotatable bonds is 7. The van der Waals surface area contributed by atoms with E-state index in [9.17, 15) is 13.2 Å². The minimum atomic E-state index is -3.10. The number of hydrogen-bond donors (Lipinski definition) is 0. The van der Waals surface area contributed by atoms with Gasteiger partial charge in [-0.3, -0.25) is 4.79 Å². The van der Waals surface area contributed by atoms with Crippen molar-refractivity contribution in [2.24, 2.45) is 0 Å². The summed E-state index contributed by atoms with van der Waals surface area (Å²) in [5.41, 5.74) is 2.63. The molecule has 1 heterocycles. The van der Waals surface area contributed by atoms with E-state index >= 15 is 0 Å². The average Bonchev–Trinajstić information content (AvgIpc) is 3.07. The molecule has 5 nitrogen and oxygen atoms in total. The normalized spacial score (nSPS) is 17.8. The summed E-state index contributed by atoms with van der Waals surface area (Å²) in [5.74, 6) is -0.0242. The quantitative estimate of drug-likeness (QED) is 0.660. The van der Waals surface area contributed by atoms with Gasteiger partial charge in [-0.2, -0.15) is 0 Å². The van der Waals surface area contributed by atoms with E-state index in [1.807, 2.05) is 12.1 Å². The third-order valence-electron chi connectivity index (χ3n) is 5.42. The minimum absolute atomic E-state index is 0.0177. The van der Waals surface area contributed by atoms with E-state index in [1.54, 1.807) is 29.2 Å². The van der Waals surface area contributed by atoms with Crippen LogP contribution < -0.4 is 4.90 Å². The zero-order valence-electron chi connectivity index (χ0n) is 16.8. The Morgan fingerprint density at radius 2 is 1.66 bits per heavy atom. The number of anilines is 1. The van der Waals surface area contributed by atoms with Gasteiger partial charge in [0.2, 0.25) is 0 Å². The highest BCUT2D eigenvalue weighted by Gasteiger charge is 2.35. The largest absolute Gasteiger partial charge is 0.372 e. The Morgan fingerprint density at radius 1 is 1.03 bits per heavy atom. The van der Waals surface area contributed by atoms with Gasteiger partial charge in [0.05, 0.1) is 11.5 Å². The maximum absolute atomic E-state index is 13.2. The zero-order valence-corrected chi connectivity index (χ0v) is 18.4. The Labute approximate surface area is 178 Å². The zero-order chi connectivity index (χ0) is 21.0. The highest BCUT2D eigenvalue weighted by atomic mass is 35.5. The Hall–Kier alpha value is -2.05. The number of amides is 1. The van der Waals surface area contributed by atoms with E-state index in [-0.39, 0.29) is 23.5 Å². The van der Waals surface area contributed by atoms with Gasteiger partial charge >= 0.3 is 0 Å². The fraction of sp³-hybridized carbons (Fsp3) is 0.409. The van der Waals surface area contributed by atoms with Gasteiger partial charge in [-0.05, 0) is 62.2 Å². The molecule has 0 saturated carbocycles. The summed E-state index contributed by atoms with van der Waals surface area (Å²) in [4.78, 5) is 17.2. The summed E-state index contributed by atoms with van der Waals surface area (Å²) in [6.07, 6.45) is 0.471. The van der Waals surface area contributed by atoms with Crippen molar-refractivity contribution in [1.29, 1.82) is 0 Å². The lowest BCUT2D eigenvalue weighted by Gasteiger charge is -2.29. The summed E-state index contributed by atoms with van der Waals surface area (Å²) in [6, 6.07) is 14.5. The first-order valence-corrected chi connectivity index (χ1v) is 12.1. The van der Waals surface area contributed by atoms with Gasteiger partial charge in [0.25, 0.3) is 5.91 Å². The van der Waals surface area contributed by atoms with Gasteiger partial charge in [0, 0.05) is 41.9 Å². The van der Waals surface area contributed by atoms with E-state index in [2.05, 4.69) is 30.9 Å². The third-order valence-corrected chi connectivity index (χ3v) is 7.42. The molecule has 2 aromatic rings. The van der Waals surface area contributed by atoms with Crippen LogP contribution in [0.25, 0.3) is 0 Å². The smallest absolute Gasteiger partial charge is 0.254 e. The second kappa shape index (κ2) is 9.18. The van der Waals surface area contributed by atoms with Crippen LogP contribution in [-0.4, -0.2) is 49.9 Å². The maximum Gasteiger partial charge on any atom is 0.254 e. The van der Waals surface area contributed by atoms with Gasteiger partial charge in [-0.1, -0.05) is 23.7 Å². The van der Waals surface area contributed by atoms with Crippen molar-refractivity contribution in [3.8, 4) is 0 Å².